The second-order valence-corrected chi connectivity index (χ2v) is 4.81. The Bertz CT molecular complexity index is 240. The SMILES string of the molecule is ClCCCSc1cccc(Br)c1. The van der Waals surface area contributed by atoms with Crippen molar-refractivity contribution in [3.63, 3.8) is 0 Å². The van der Waals surface area contributed by atoms with Crippen LogP contribution in [0.1, 0.15) is 6.42 Å². The van der Waals surface area contributed by atoms with Crippen LogP contribution in [0.5, 0.6) is 0 Å². The van der Waals surface area contributed by atoms with Crippen molar-refractivity contribution >= 4 is 39.3 Å². The Hall–Kier alpha value is 0.340. The highest BCUT2D eigenvalue weighted by molar-refractivity contribution is 9.10. The molecule has 0 atom stereocenters. The zero-order valence-corrected chi connectivity index (χ0v) is 9.75. The topological polar surface area (TPSA) is 0 Å². The first-order chi connectivity index (χ1) is 5.83. The smallest absolute Gasteiger partial charge is 0.0231 e. The maximum atomic E-state index is 5.58. The van der Waals surface area contributed by atoms with Crippen molar-refractivity contribution < 1.29 is 0 Å². The molecule has 0 nitrogen and oxygen atoms in total. The lowest BCUT2D eigenvalue weighted by atomic mass is 10.4. The van der Waals surface area contributed by atoms with Gasteiger partial charge in [-0.05, 0) is 30.4 Å². The molecule has 0 unspecified atom stereocenters. The molecule has 0 amide bonds. The van der Waals surface area contributed by atoms with Gasteiger partial charge in [-0.15, -0.1) is 23.4 Å². The zero-order chi connectivity index (χ0) is 8.81. The molecule has 1 aromatic rings. The average Bonchev–Trinajstić information content (AvgIpc) is 2.05. The lowest BCUT2D eigenvalue weighted by molar-refractivity contribution is 1.11. The third kappa shape index (κ3) is 3.83. The molecule has 1 aromatic carbocycles. The van der Waals surface area contributed by atoms with Gasteiger partial charge in [0.1, 0.15) is 0 Å². The molecule has 0 heterocycles. The van der Waals surface area contributed by atoms with Crippen molar-refractivity contribution in [2.24, 2.45) is 0 Å². The molecular formula is C9H10BrClS. The van der Waals surface area contributed by atoms with E-state index in [1.807, 2.05) is 23.9 Å². The van der Waals surface area contributed by atoms with Crippen LogP contribution in [0.2, 0.25) is 0 Å². The molecule has 1 rings (SSSR count). The molecule has 0 radical (unpaired) electrons. The van der Waals surface area contributed by atoms with Crippen LogP contribution in [0.25, 0.3) is 0 Å². The lowest BCUT2D eigenvalue weighted by Gasteiger charge is -1.99. The van der Waals surface area contributed by atoms with Gasteiger partial charge >= 0.3 is 0 Å². The van der Waals surface area contributed by atoms with Gasteiger partial charge in [0, 0.05) is 15.2 Å². The molecule has 0 spiro atoms. The van der Waals surface area contributed by atoms with Gasteiger partial charge in [-0.25, -0.2) is 0 Å². The molecule has 0 aliphatic rings. The summed E-state index contributed by atoms with van der Waals surface area (Å²) in [4.78, 5) is 1.30. The van der Waals surface area contributed by atoms with Crippen LogP contribution in [0, 0.1) is 0 Å². The van der Waals surface area contributed by atoms with E-state index >= 15 is 0 Å². The molecule has 0 bridgehead atoms. The Morgan fingerprint density at radius 3 is 2.92 bits per heavy atom. The number of halogens is 2. The van der Waals surface area contributed by atoms with Crippen LogP contribution in [0.3, 0.4) is 0 Å². The largest absolute Gasteiger partial charge is 0.127 e. The standard InChI is InChI=1S/C9H10BrClS/c10-8-3-1-4-9(7-8)12-6-2-5-11/h1,3-4,7H,2,5-6H2. The third-order valence-corrected chi connectivity index (χ3v) is 3.18. The highest BCUT2D eigenvalue weighted by Gasteiger charge is 1.93. The van der Waals surface area contributed by atoms with E-state index in [-0.39, 0.29) is 0 Å². The summed E-state index contributed by atoms with van der Waals surface area (Å²) in [5.41, 5.74) is 0. The second kappa shape index (κ2) is 5.90. The predicted molar refractivity (Wildman–Crippen MR) is 60.2 cm³/mol. The number of hydrogen-bond donors (Lipinski definition) is 0. The number of thioether (sulfide) groups is 1. The maximum absolute atomic E-state index is 5.58. The molecule has 0 N–H and O–H groups in total. The molecule has 0 saturated carbocycles. The Balaban J connectivity index is 2.41. The Labute approximate surface area is 90.8 Å². The van der Waals surface area contributed by atoms with Gasteiger partial charge in [-0.2, -0.15) is 0 Å². The molecule has 66 valence electrons. The van der Waals surface area contributed by atoms with Gasteiger partial charge < -0.3 is 0 Å². The molecular weight excluding hydrogens is 256 g/mol. The van der Waals surface area contributed by atoms with Crippen LogP contribution in [0.4, 0.5) is 0 Å². The van der Waals surface area contributed by atoms with Crippen LogP contribution in [0.15, 0.2) is 33.6 Å². The van der Waals surface area contributed by atoms with Gasteiger partial charge in [-0.3, -0.25) is 0 Å². The average molecular weight is 266 g/mol. The lowest BCUT2D eigenvalue weighted by Crippen LogP contribution is -1.80. The summed E-state index contributed by atoms with van der Waals surface area (Å²) >= 11 is 10.9. The van der Waals surface area contributed by atoms with E-state index in [0.29, 0.717) is 0 Å². The summed E-state index contributed by atoms with van der Waals surface area (Å²) in [6, 6.07) is 8.32. The van der Waals surface area contributed by atoms with E-state index in [0.717, 1.165) is 22.5 Å². The van der Waals surface area contributed by atoms with Gasteiger partial charge in [0.25, 0.3) is 0 Å². The zero-order valence-electron chi connectivity index (χ0n) is 6.59. The Kier molecular flexibility index (Phi) is 5.12. The fourth-order valence-electron chi connectivity index (χ4n) is 0.801. The van der Waals surface area contributed by atoms with E-state index in [1.165, 1.54) is 4.90 Å². The van der Waals surface area contributed by atoms with Crippen LogP contribution in [-0.2, 0) is 0 Å². The third-order valence-electron chi connectivity index (χ3n) is 1.34. The van der Waals surface area contributed by atoms with Gasteiger partial charge in [0.05, 0.1) is 0 Å². The molecule has 0 aromatic heterocycles. The van der Waals surface area contributed by atoms with Crippen LogP contribution in [-0.4, -0.2) is 11.6 Å². The van der Waals surface area contributed by atoms with Crippen LogP contribution >= 0.6 is 39.3 Å². The van der Waals surface area contributed by atoms with E-state index in [1.54, 1.807) is 0 Å². The first kappa shape index (κ1) is 10.4. The first-order valence-electron chi connectivity index (χ1n) is 3.77. The maximum Gasteiger partial charge on any atom is 0.0231 e. The Morgan fingerprint density at radius 2 is 2.25 bits per heavy atom. The van der Waals surface area contributed by atoms with E-state index in [4.69, 9.17) is 11.6 Å². The van der Waals surface area contributed by atoms with Gasteiger partial charge in [0.15, 0.2) is 0 Å². The fourth-order valence-corrected chi connectivity index (χ4v) is 2.55. The first-order valence-corrected chi connectivity index (χ1v) is 6.08. The number of rotatable bonds is 4. The minimum Gasteiger partial charge on any atom is -0.127 e. The summed E-state index contributed by atoms with van der Waals surface area (Å²) in [6.07, 6.45) is 1.07. The minimum absolute atomic E-state index is 0.751. The quantitative estimate of drug-likeness (QED) is 0.447. The highest BCUT2D eigenvalue weighted by Crippen LogP contribution is 2.22. The number of alkyl halides is 1. The van der Waals surface area contributed by atoms with E-state index in [2.05, 4.69) is 28.1 Å². The van der Waals surface area contributed by atoms with Crippen molar-refractivity contribution in [3.8, 4) is 0 Å². The number of benzene rings is 1. The van der Waals surface area contributed by atoms with E-state index < -0.39 is 0 Å². The van der Waals surface area contributed by atoms with Crippen molar-refractivity contribution in [2.45, 2.75) is 11.3 Å². The highest BCUT2D eigenvalue weighted by atomic mass is 79.9. The van der Waals surface area contributed by atoms with Crippen LogP contribution < -0.4 is 0 Å². The summed E-state index contributed by atoms with van der Waals surface area (Å²) in [7, 11) is 0. The summed E-state index contributed by atoms with van der Waals surface area (Å²) < 4.78 is 1.14. The molecule has 0 saturated heterocycles. The molecule has 0 aliphatic carbocycles. The van der Waals surface area contributed by atoms with Crippen molar-refractivity contribution in [1.29, 1.82) is 0 Å². The molecule has 12 heavy (non-hydrogen) atoms. The second-order valence-electron chi connectivity index (χ2n) is 2.35. The molecule has 3 heteroatoms. The van der Waals surface area contributed by atoms with Crippen molar-refractivity contribution in [3.05, 3.63) is 28.7 Å². The van der Waals surface area contributed by atoms with Crippen molar-refractivity contribution in [2.75, 3.05) is 11.6 Å². The normalized spacial score (nSPS) is 10.2. The molecule has 0 aliphatic heterocycles. The predicted octanol–water partition coefficient (Wildman–Crippen LogP) is 4.17. The summed E-state index contributed by atoms with van der Waals surface area (Å²) in [6.45, 7) is 0. The summed E-state index contributed by atoms with van der Waals surface area (Å²) in [5.74, 6) is 1.85. The Morgan fingerprint density at radius 1 is 1.42 bits per heavy atom. The van der Waals surface area contributed by atoms with Gasteiger partial charge in [-0.1, -0.05) is 22.0 Å². The molecule has 0 fully saturated rings. The fraction of sp³-hybridized carbons (Fsp3) is 0.333. The number of hydrogen-bond acceptors (Lipinski definition) is 1. The van der Waals surface area contributed by atoms with E-state index in [9.17, 15) is 0 Å². The van der Waals surface area contributed by atoms with Gasteiger partial charge in [0.2, 0.25) is 0 Å². The van der Waals surface area contributed by atoms with Crippen molar-refractivity contribution in [1.82, 2.24) is 0 Å². The summed E-state index contributed by atoms with van der Waals surface area (Å²) in [5, 5.41) is 0. The minimum atomic E-state index is 0.751. The monoisotopic (exact) mass is 264 g/mol.